The minimum Gasteiger partial charge on any atom is -0.469 e. The number of hydrogen-bond donors (Lipinski definition) is 0. The molecule has 1 aliphatic rings. The van der Waals surface area contributed by atoms with Crippen molar-refractivity contribution in [3.8, 4) is 6.07 Å². The molecule has 1 aromatic carbocycles. The number of carbonyl (C=O) groups excluding carboxylic acids is 3. The lowest BCUT2D eigenvalue weighted by Gasteiger charge is -2.34. The second kappa shape index (κ2) is 8.11. The summed E-state index contributed by atoms with van der Waals surface area (Å²) in [4.78, 5) is 38.9. The highest BCUT2D eigenvalue weighted by molar-refractivity contribution is 5.94. The van der Waals surface area contributed by atoms with Crippen LogP contribution in [0.15, 0.2) is 24.3 Å². The molecule has 0 bridgehead atoms. The van der Waals surface area contributed by atoms with Crippen molar-refractivity contribution in [1.29, 1.82) is 5.26 Å². The summed E-state index contributed by atoms with van der Waals surface area (Å²) in [6.45, 7) is 1.73. The van der Waals surface area contributed by atoms with E-state index in [4.69, 9.17) is 5.26 Å². The summed E-state index contributed by atoms with van der Waals surface area (Å²) in [7, 11) is 1.29. The first kappa shape index (κ1) is 17.5. The number of esters is 1. The van der Waals surface area contributed by atoms with Gasteiger partial charge in [-0.2, -0.15) is 5.26 Å². The third kappa shape index (κ3) is 4.32. The molecule has 1 heterocycles. The SMILES string of the molecule is COC(=O)CCC(=O)N1CCN(C(=O)c2cccc(C#N)c2)CC1. The van der Waals surface area contributed by atoms with E-state index < -0.39 is 5.97 Å². The smallest absolute Gasteiger partial charge is 0.306 e. The topological polar surface area (TPSA) is 90.7 Å². The van der Waals surface area contributed by atoms with Crippen LogP contribution in [0.3, 0.4) is 0 Å². The Hall–Kier alpha value is -2.88. The zero-order valence-corrected chi connectivity index (χ0v) is 13.5. The number of rotatable bonds is 4. The molecule has 0 aliphatic carbocycles. The standard InChI is InChI=1S/C17H19N3O4/c1-24-16(22)6-5-15(21)19-7-9-20(10-8-19)17(23)14-4-2-3-13(11-14)12-18/h2-4,11H,5-10H2,1H3. The van der Waals surface area contributed by atoms with Gasteiger partial charge in [0.15, 0.2) is 0 Å². The lowest BCUT2D eigenvalue weighted by Crippen LogP contribution is -2.50. The number of carbonyl (C=O) groups is 3. The molecule has 0 spiro atoms. The molecule has 7 heteroatoms. The average molecular weight is 329 g/mol. The molecule has 2 rings (SSSR count). The number of ether oxygens (including phenoxy) is 1. The van der Waals surface area contributed by atoms with Crippen LogP contribution in [0.5, 0.6) is 0 Å². The van der Waals surface area contributed by atoms with Crippen molar-refractivity contribution in [3.05, 3.63) is 35.4 Å². The second-order valence-corrected chi connectivity index (χ2v) is 5.44. The van der Waals surface area contributed by atoms with Crippen LogP contribution >= 0.6 is 0 Å². The van der Waals surface area contributed by atoms with Crippen molar-refractivity contribution in [2.24, 2.45) is 0 Å². The lowest BCUT2D eigenvalue weighted by atomic mass is 10.1. The summed E-state index contributed by atoms with van der Waals surface area (Å²) in [6.07, 6.45) is 0.181. The Morgan fingerprint density at radius 1 is 1.12 bits per heavy atom. The van der Waals surface area contributed by atoms with Gasteiger partial charge in [-0.1, -0.05) is 6.07 Å². The zero-order chi connectivity index (χ0) is 17.5. The molecule has 1 aromatic rings. The van der Waals surface area contributed by atoms with Gasteiger partial charge in [-0.3, -0.25) is 14.4 Å². The number of methoxy groups -OCH3 is 1. The van der Waals surface area contributed by atoms with Crippen LogP contribution in [0, 0.1) is 11.3 Å². The highest BCUT2D eigenvalue weighted by Crippen LogP contribution is 2.12. The van der Waals surface area contributed by atoms with Gasteiger partial charge in [0, 0.05) is 38.2 Å². The predicted octanol–water partition coefficient (Wildman–Crippen LogP) is 0.796. The molecule has 126 valence electrons. The maximum Gasteiger partial charge on any atom is 0.306 e. The fourth-order valence-electron chi connectivity index (χ4n) is 2.53. The summed E-state index contributed by atoms with van der Waals surface area (Å²) < 4.78 is 4.52. The summed E-state index contributed by atoms with van der Waals surface area (Å²) in [5, 5.41) is 8.91. The molecule has 2 amide bonds. The number of benzene rings is 1. The monoisotopic (exact) mass is 329 g/mol. The van der Waals surface area contributed by atoms with Crippen molar-refractivity contribution in [1.82, 2.24) is 9.80 Å². The minimum absolute atomic E-state index is 0.0649. The fraction of sp³-hybridized carbons (Fsp3) is 0.412. The maximum atomic E-state index is 12.5. The van der Waals surface area contributed by atoms with Gasteiger partial charge in [0.05, 0.1) is 25.2 Å². The molecule has 24 heavy (non-hydrogen) atoms. The highest BCUT2D eigenvalue weighted by atomic mass is 16.5. The van der Waals surface area contributed by atoms with E-state index in [1.165, 1.54) is 7.11 Å². The van der Waals surface area contributed by atoms with Crippen LogP contribution in [-0.2, 0) is 14.3 Å². The van der Waals surface area contributed by atoms with Gasteiger partial charge in [-0.25, -0.2) is 0 Å². The van der Waals surface area contributed by atoms with Gasteiger partial charge >= 0.3 is 5.97 Å². The molecule has 1 fully saturated rings. The quantitative estimate of drug-likeness (QED) is 0.762. The van der Waals surface area contributed by atoms with Crippen molar-refractivity contribution >= 4 is 17.8 Å². The Bertz CT molecular complexity index is 673. The molecule has 0 atom stereocenters. The van der Waals surface area contributed by atoms with Gasteiger partial charge in [0.1, 0.15) is 0 Å². The number of amides is 2. The van der Waals surface area contributed by atoms with Gasteiger partial charge in [0.2, 0.25) is 5.91 Å². The van der Waals surface area contributed by atoms with E-state index in [0.717, 1.165) is 0 Å². The van der Waals surface area contributed by atoms with Crippen LogP contribution in [0.25, 0.3) is 0 Å². The minimum atomic E-state index is -0.408. The molecule has 1 saturated heterocycles. The molecule has 1 aliphatic heterocycles. The summed E-state index contributed by atoms with van der Waals surface area (Å²) in [5.74, 6) is -0.665. The van der Waals surface area contributed by atoms with E-state index in [9.17, 15) is 14.4 Å². The summed E-state index contributed by atoms with van der Waals surface area (Å²) >= 11 is 0. The molecule has 0 saturated carbocycles. The Morgan fingerprint density at radius 2 is 1.79 bits per heavy atom. The van der Waals surface area contributed by atoms with Crippen molar-refractivity contribution in [2.75, 3.05) is 33.3 Å². The van der Waals surface area contributed by atoms with E-state index in [1.54, 1.807) is 34.1 Å². The van der Waals surface area contributed by atoms with E-state index >= 15 is 0 Å². The first-order chi connectivity index (χ1) is 11.5. The first-order valence-electron chi connectivity index (χ1n) is 7.69. The molecule has 0 radical (unpaired) electrons. The summed E-state index contributed by atoms with van der Waals surface area (Å²) in [6, 6.07) is 8.58. The Balaban J connectivity index is 1.88. The Kier molecular flexibility index (Phi) is 5.90. The maximum absolute atomic E-state index is 12.5. The van der Waals surface area contributed by atoms with Crippen LogP contribution in [0.2, 0.25) is 0 Å². The van der Waals surface area contributed by atoms with Gasteiger partial charge in [-0.15, -0.1) is 0 Å². The molecule has 7 nitrogen and oxygen atoms in total. The van der Waals surface area contributed by atoms with E-state index in [1.807, 2.05) is 6.07 Å². The molecule has 0 unspecified atom stereocenters. The highest BCUT2D eigenvalue weighted by Gasteiger charge is 2.25. The largest absolute Gasteiger partial charge is 0.469 e. The average Bonchev–Trinajstić information content (AvgIpc) is 2.65. The number of piperazine rings is 1. The van der Waals surface area contributed by atoms with E-state index in [0.29, 0.717) is 37.3 Å². The first-order valence-corrected chi connectivity index (χ1v) is 7.69. The van der Waals surface area contributed by atoms with Crippen LogP contribution < -0.4 is 0 Å². The number of nitriles is 1. The Morgan fingerprint density at radius 3 is 2.42 bits per heavy atom. The van der Waals surface area contributed by atoms with Crippen molar-refractivity contribution in [2.45, 2.75) is 12.8 Å². The molecular formula is C17H19N3O4. The zero-order valence-electron chi connectivity index (χ0n) is 13.5. The molecule has 0 N–H and O–H groups in total. The fourth-order valence-corrected chi connectivity index (χ4v) is 2.53. The molecular weight excluding hydrogens is 310 g/mol. The van der Waals surface area contributed by atoms with Gasteiger partial charge in [0.25, 0.3) is 5.91 Å². The predicted molar refractivity (Wildman–Crippen MR) is 84.9 cm³/mol. The van der Waals surface area contributed by atoms with Crippen LogP contribution in [-0.4, -0.2) is 60.9 Å². The Labute approximate surface area is 140 Å². The lowest BCUT2D eigenvalue weighted by molar-refractivity contribution is -0.143. The van der Waals surface area contributed by atoms with Gasteiger partial charge < -0.3 is 14.5 Å². The van der Waals surface area contributed by atoms with E-state index in [-0.39, 0.29) is 24.7 Å². The number of hydrogen-bond acceptors (Lipinski definition) is 5. The summed E-state index contributed by atoms with van der Waals surface area (Å²) in [5.41, 5.74) is 0.914. The van der Waals surface area contributed by atoms with Crippen molar-refractivity contribution < 1.29 is 19.1 Å². The van der Waals surface area contributed by atoms with Crippen LogP contribution in [0.4, 0.5) is 0 Å². The van der Waals surface area contributed by atoms with Crippen LogP contribution in [0.1, 0.15) is 28.8 Å². The van der Waals surface area contributed by atoms with Gasteiger partial charge in [-0.05, 0) is 18.2 Å². The number of nitrogens with zero attached hydrogens (tertiary/aromatic N) is 3. The van der Waals surface area contributed by atoms with E-state index in [2.05, 4.69) is 4.74 Å². The third-order valence-corrected chi connectivity index (χ3v) is 3.93. The normalized spacial score (nSPS) is 14.0. The van der Waals surface area contributed by atoms with Crippen molar-refractivity contribution in [3.63, 3.8) is 0 Å². The third-order valence-electron chi connectivity index (χ3n) is 3.93. The molecule has 0 aromatic heterocycles. The second-order valence-electron chi connectivity index (χ2n) is 5.44.